The number of carbonyl (C=O) groups is 1. The van der Waals surface area contributed by atoms with Gasteiger partial charge in [0, 0.05) is 18.3 Å². The first-order valence-electron chi connectivity index (χ1n) is 10.8. The lowest BCUT2D eigenvalue weighted by Crippen LogP contribution is -2.32. The van der Waals surface area contributed by atoms with Gasteiger partial charge < -0.3 is 19.9 Å². The van der Waals surface area contributed by atoms with Crippen LogP contribution in [0.2, 0.25) is 0 Å². The molecule has 1 saturated carbocycles. The van der Waals surface area contributed by atoms with E-state index in [0.29, 0.717) is 34.5 Å². The van der Waals surface area contributed by atoms with Crippen LogP contribution in [0.5, 0.6) is 5.75 Å². The Balaban J connectivity index is 1.36. The molecular formula is C24H22N4O3S. The van der Waals surface area contributed by atoms with E-state index in [1.54, 1.807) is 6.20 Å². The van der Waals surface area contributed by atoms with Crippen LogP contribution in [0.15, 0.2) is 47.4 Å². The Kier molecular flexibility index (Phi) is 4.51. The van der Waals surface area contributed by atoms with Gasteiger partial charge in [0.05, 0.1) is 34.5 Å². The number of nitrogens with one attached hydrogen (secondary N) is 2. The van der Waals surface area contributed by atoms with Gasteiger partial charge in [0.2, 0.25) is 0 Å². The Labute approximate surface area is 188 Å². The van der Waals surface area contributed by atoms with Crippen LogP contribution in [-0.2, 0) is 11.3 Å². The van der Waals surface area contributed by atoms with Crippen molar-refractivity contribution >= 4 is 34.5 Å². The number of thiazole rings is 1. The number of hydrogen-bond acceptors (Lipinski definition) is 7. The van der Waals surface area contributed by atoms with E-state index in [1.807, 2.05) is 42.5 Å². The molecule has 3 aliphatic rings. The normalized spacial score (nSPS) is 21.1. The smallest absolute Gasteiger partial charge is 0.266 e. The number of hydrogen-bond donors (Lipinski definition) is 2. The minimum atomic E-state index is -0.352. The van der Waals surface area contributed by atoms with E-state index in [0.717, 1.165) is 42.1 Å². The predicted octanol–water partition coefficient (Wildman–Crippen LogP) is 0.915. The van der Waals surface area contributed by atoms with E-state index >= 15 is 0 Å². The molecule has 1 saturated heterocycles. The van der Waals surface area contributed by atoms with Gasteiger partial charge >= 0.3 is 0 Å². The molecule has 1 aliphatic carbocycles. The fourth-order valence-electron chi connectivity index (χ4n) is 4.38. The Morgan fingerprint density at radius 1 is 1.22 bits per heavy atom. The van der Waals surface area contributed by atoms with Gasteiger partial charge in [-0.05, 0) is 48.7 Å². The number of H-pyrrole nitrogens is 1. The Morgan fingerprint density at radius 2 is 2.12 bits per heavy atom. The van der Waals surface area contributed by atoms with Gasteiger partial charge in [-0.15, -0.1) is 11.3 Å². The molecule has 7 nitrogen and oxygen atoms in total. The summed E-state index contributed by atoms with van der Waals surface area (Å²) >= 11 is 1.35. The van der Waals surface area contributed by atoms with Crippen LogP contribution in [0.25, 0.3) is 11.6 Å². The van der Waals surface area contributed by atoms with Gasteiger partial charge in [-0.1, -0.05) is 12.1 Å². The zero-order valence-corrected chi connectivity index (χ0v) is 18.2. The SMILES string of the molecule is O=C1/C(=c2\[nH]c(=O)/c(=C/c3ccc4c(c3)N(Cc3ccccn3)CCO4)s2)CNC12CC2. The largest absolute Gasteiger partial charge is 0.490 e. The molecule has 1 spiro atoms. The molecule has 2 aliphatic heterocycles. The van der Waals surface area contributed by atoms with Crippen LogP contribution in [0.3, 0.4) is 0 Å². The standard InChI is InChI=1S/C24H22N4O3S/c29-21-17(13-26-24(21)6-7-24)23-27-22(30)20(32-23)12-15-4-5-19-18(11-15)28(9-10-31-19)14-16-3-1-2-8-25-16/h1-5,8,11-12,26H,6-7,9-10,13-14H2,(H,27,30)/b20-12-,23-17+. The average Bonchev–Trinajstić information content (AvgIpc) is 3.42. The van der Waals surface area contributed by atoms with Crippen molar-refractivity contribution in [2.24, 2.45) is 0 Å². The van der Waals surface area contributed by atoms with E-state index in [2.05, 4.69) is 20.2 Å². The number of rotatable bonds is 3. The number of nitrogens with zero attached hydrogens (tertiary/aromatic N) is 2. The maximum atomic E-state index is 12.7. The number of pyridine rings is 1. The van der Waals surface area contributed by atoms with Crippen molar-refractivity contribution in [3.8, 4) is 5.75 Å². The van der Waals surface area contributed by atoms with E-state index < -0.39 is 0 Å². The van der Waals surface area contributed by atoms with Crippen molar-refractivity contribution in [3.63, 3.8) is 0 Å². The number of benzene rings is 1. The third kappa shape index (κ3) is 3.36. The summed E-state index contributed by atoms with van der Waals surface area (Å²) in [7, 11) is 0. The summed E-state index contributed by atoms with van der Waals surface area (Å²) < 4.78 is 7.10. The highest BCUT2D eigenvalue weighted by molar-refractivity contribution is 7.07. The lowest BCUT2D eigenvalue weighted by Gasteiger charge is -2.31. The summed E-state index contributed by atoms with van der Waals surface area (Å²) in [5.74, 6) is 0.968. The third-order valence-electron chi connectivity index (χ3n) is 6.32. The number of ketones is 1. The summed E-state index contributed by atoms with van der Waals surface area (Å²) in [6, 6.07) is 11.9. The molecular weight excluding hydrogens is 424 g/mol. The van der Waals surface area contributed by atoms with Gasteiger partial charge in [-0.3, -0.25) is 14.6 Å². The number of ether oxygens (including phenoxy) is 1. The first-order valence-corrected chi connectivity index (χ1v) is 11.6. The van der Waals surface area contributed by atoms with Crippen molar-refractivity contribution in [1.29, 1.82) is 0 Å². The maximum Gasteiger partial charge on any atom is 0.266 e. The molecule has 8 heteroatoms. The first kappa shape index (κ1) is 19.5. The van der Waals surface area contributed by atoms with E-state index in [-0.39, 0.29) is 16.9 Å². The number of aromatic amines is 1. The number of fused-ring (bicyclic) bond motifs is 1. The lowest BCUT2D eigenvalue weighted by atomic mass is 10.1. The van der Waals surface area contributed by atoms with Gasteiger partial charge in [-0.2, -0.15) is 0 Å². The molecule has 0 radical (unpaired) electrons. The summed E-state index contributed by atoms with van der Waals surface area (Å²) in [5, 5.41) is 3.31. The van der Waals surface area contributed by atoms with Gasteiger partial charge in [0.25, 0.3) is 5.56 Å². The molecule has 2 fully saturated rings. The first-order chi connectivity index (χ1) is 15.6. The van der Waals surface area contributed by atoms with Crippen molar-refractivity contribution in [3.05, 3.63) is 73.4 Å². The lowest BCUT2D eigenvalue weighted by molar-refractivity contribution is -0.115. The highest BCUT2D eigenvalue weighted by Gasteiger charge is 2.54. The van der Waals surface area contributed by atoms with E-state index in [9.17, 15) is 9.59 Å². The van der Waals surface area contributed by atoms with Crippen molar-refractivity contribution < 1.29 is 9.53 Å². The van der Waals surface area contributed by atoms with Gasteiger partial charge in [-0.25, -0.2) is 0 Å². The van der Waals surface area contributed by atoms with Gasteiger partial charge in [0.15, 0.2) is 5.78 Å². The minimum absolute atomic E-state index is 0.137. The van der Waals surface area contributed by atoms with Crippen LogP contribution in [0.4, 0.5) is 5.69 Å². The van der Waals surface area contributed by atoms with Crippen LogP contribution in [-0.4, -0.2) is 41.0 Å². The van der Waals surface area contributed by atoms with Crippen LogP contribution in [0.1, 0.15) is 24.1 Å². The molecule has 0 atom stereocenters. The van der Waals surface area contributed by atoms with Crippen molar-refractivity contribution in [2.75, 3.05) is 24.6 Å². The number of carbonyl (C=O) groups excluding carboxylic acids is 1. The fourth-order valence-corrected chi connectivity index (χ4v) is 5.37. The van der Waals surface area contributed by atoms with Crippen LogP contribution < -0.4 is 29.7 Å². The second-order valence-electron chi connectivity index (χ2n) is 8.46. The number of aromatic nitrogens is 2. The topological polar surface area (TPSA) is 87.3 Å². The van der Waals surface area contributed by atoms with Gasteiger partial charge in [0.1, 0.15) is 17.0 Å². The summed E-state index contributed by atoms with van der Waals surface area (Å²) in [6.45, 7) is 2.61. The molecule has 3 aromatic rings. The molecule has 2 aromatic heterocycles. The van der Waals surface area contributed by atoms with Crippen molar-refractivity contribution in [1.82, 2.24) is 15.3 Å². The molecule has 2 N–H and O–H groups in total. The highest BCUT2D eigenvalue weighted by Crippen LogP contribution is 2.41. The number of anilines is 1. The monoisotopic (exact) mass is 446 g/mol. The molecule has 1 aromatic carbocycles. The average molecular weight is 447 g/mol. The van der Waals surface area contributed by atoms with Crippen LogP contribution in [0, 0.1) is 0 Å². The molecule has 32 heavy (non-hydrogen) atoms. The molecule has 162 valence electrons. The van der Waals surface area contributed by atoms with Crippen LogP contribution >= 0.6 is 11.3 Å². The van der Waals surface area contributed by atoms with E-state index in [1.165, 1.54) is 11.3 Å². The fraction of sp³-hybridized carbons (Fsp3) is 0.292. The third-order valence-corrected chi connectivity index (χ3v) is 7.39. The minimum Gasteiger partial charge on any atom is -0.490 e. The predicted molar refractivity (Wildman–Crippen MR) is 123 cm³/mol. The summed E-state index contributed by atoms with van der Waals surface area (Å²) in [4.78, 5) is 34.9. The Hall–Kier alpha value is -3.23. The zero-order valence-electron chi connectivity index (χ0n) is 17.4. The second-order valence-corrected chi connectivity index (χ2v) is 9.51. The molecule has 0 unspecified atom stereocenters. The number of Topliss-reactive ketones (excluding diaryl/α,β-unsaturated/α-hetero) is 1. The molecule has 6 rings (SSSR count). The Bertz CT molecular complexity index is 1390. The Morgan fingerprint density at radius 3 is 2.91 bits per heavy atom. The van der Waals surface area contributed by atoms with E-state index in [4.69, 9.17) is 4.74 Å². The summed E-state index contributed by atoms with van der Waals surface area (Å²) in [6.07, 6.45) is 5.45. The summed E-state index contributed by atoms with van der Waals surface area (Å²) in [5.41, 5.74) is 3.08. The highest BCUT2D eigenvalue weighted by atomic mass is 32.1. The zero-order chi connectivity index (χ0) is 21.7. The quantitative estimate of drug-likeness (QED) is 0.622. The maximum absolute atomic E-state index is 12.7. The molecule has 0 bridgehead atoms. The van der Waals surface area contributed by atoms with Crippen molar-refractivity contribution in [2.45, 2.75) is 24.9 Å². The molecule has 0 amide bonds. The second kappa shape index (κ2) is 7.43. The molecule has 4 heterocycles.